The van der Waals surface area contributed by atoms with Gasteiger partial charge in [0.05, 0.1) is 5.52 Å². The van der Waals surface area contributed by atoms with E-state index < -0.39 is 0 Å². The van der Waals surface area contributed by atoms with E-state index in [1.54, 1.807) is 0 Å². The summed E-state index contributed by atoms with van der Waals surface area (Å²) >= 11 is 0. The molecular weight excluding hydrogens is 458 g/mol. The zero-order valence-corrected chi connectivity index (χ0v) is 21.1. The maximum atomic E-state index is 2.38. The number of rotatable bonds is 2. The molecule has 0 unspecified atom stereocenters. The van der Waals surface area contributed by atoms with Crippen LogP contribution in [0.1, 0.15) is 0 Å². The van der Waals surface area contributed by atoms with Gasteiger partial charge in [-0.2, -0.15) is 0 Å². The van der Waals surface area contributed by atoms with E-state index in [4.69, 9.17) is 0 Å². The van der Waals surface area contributed by atoms with Crippen molar-refractivity contribution in [2.75, 3.05) is 0 Å². The molecule has 0 aliphatic carbocycles. The van der Waals surface area contributed by atoms with E-state index in [1.165, 1.54) is 76.4 Å². The standard InChI is InChI=1S/C37H25N/c1-38-36-19-7-6-16-33(36)34-18-9-17-27(37(34)38)26-11-8-10-24(22-26)25-20-21-32-30-14-3-2-12-28(30)29-13-4-5-15-31(29)35(32)23-25/h2-23H,1H3. The number of aryl methyl sites for hydroxylation is 1. The van der Waals surface area contributed by atoms with E-state index in [0.29, 0.717) is 0 Å². The summed E-state index contributed by atoms with van der Waals surface area (Å²) < 4.78 is 2.33. The van der Waals surface area contributed by atoms with Crippen LogP contribution in [-0.2, 0) is 7.05 Å². The highest BCUT2D eigenvalue weighted by Gasteiger charge is 2.14. The van der Waals surface area contributed by atoms with Gasteiger partial charge in [0.25, 0.3) is 0 Å². The Morgan fingerprint density at radius 3 is 1.63 bits per heavy atom. The fourth-order valence-electron chi connectivity index (χ4n) is 6.42. The normalized spacial score (nSPS) is 11.8. The molecule has 1 nitrogen and oxygen atoms in total. The molecule has 1 heterocycles. The Bertz CT molecular complexity index is 2160. The summed E-state index contributed by atoms with van der Waals surface area (Å²) in [6.45, 7) is 0. The van der Waals surface area contributed by atoms with Crippen molar-refractivity contribution in [1.82, 2.24) is 4.57 Å². The largest absolute Gasteiger partial charge is 0.343 e. The molecule has 1 heteroatoms. The van der Waals surface area contributed by atoms with Crippen molar-refractivity contribution >= 4 is 54.1 Å². The van der Waals surface area contributed by atoms with Gasteiger partial charge in [-0.15, -0.1) is 0 Å². The van der Waals surface area contributed by atoms with Crippen molar-refractivity contribution in [1.29, 1.82) is 0 Å². The van der Waals surface area contributed by atoms with Crippen LogP contribution < -0.4 is 0 Å². The van der Waals surface area contributed by atoms with Crippen molar-refractivity contribution in [3.05, 3.63) is 133 Å². The first kappa shape index (κ1) is 21.2. The minimum absolute atomic E-state index is 1.23. The fourth-order valence-corrected chi connectivity index (χ4v) is 6.42. The van der Waals surface area contributed by atoms with Gasteiger partial charge < -0.3 is 4.57 Å². The van der Waals surface area contributed by atoms with Gasteiger partial charge in [-0.1, -0.05) is 115 Å². The molecule has 0 N–H and O–H groups in total. The molecule has 0 spiro atoms. The van der Waals surface area contributed by atoms with Crippen LogP contribution in [0.2, 0.25) is 0 Å². The Balaban J connectivity index is 1.35. The SMILES string of the molecule is Cn1c2ccccc2c2cccc(-c3cccc(-c4ccc5c6ccccc6c6ccccc6c5c4)c3)c21. The van der Waals surface area contributed by atoms with Gasteiger partial charge in [0.15, 0.2) is 0 Å². The Labute approximate surface area is 221 Å². The van der Waals surface area contributed by atoms with Crippen LogP contribution in [0.5, 0.6) is 0 Å². The Kier molecular flexibility index (Phi) is 4.50. The highest BCUT2D eigenvalue weighted by atomic mass is 14.9. The molecule has 0 saturated heterocycles. The van der Waals surface area contributed by atoms with Gasteiger partial charge in [-0.3, -0.25) is 0 Å². The molecule has 7 aromatic carbocycles. The number of nitrogens with zero attached hydrogens (tertiary/aromatic N) is 1. The van der Waals surface area contributed by atoms with Crippen molar-refractivity contribution in [2.45, 2.75) is 0 Å². The van der Waals surface area contributed by atoms with Crippen molar-refractivity contribution in [3.63, 3.8) is 0 Å². The highest BCUT2D eigenvalue weighted by Crippen LogP contribution is 2.39. The molecule has 1 aromatic heterocycles. The summed E-state index contributed by atoms with van der Waals surface area (Å²) in [4.78, 5) is 0. The summed E-state index contributed by atoms with van der Waals surface area (Å²) in [6.07, 6.45) is 0. The van der Waals surface area contributed by atoms with Crippen LogP contribution in [0.15, 0.2) is 133 Å². The minimum atomic E-state index is 1.23. The molecule has 0 saturated carbocycles. The average Bonchev–Trinajstić information content (AvgIpc) is 3.29. The van der Waals surface area contributed by atoms with E-state index in [-0.39, 0.29) is 0 Å². The maximum absolute atomic E-state index is 2.38. The lowest BCUT2D eigenvalue weighted by Crippen LogP contribution is -1.90. The van der Waals surface area contributed by atoms with E-state index in [2.05, 4.69) is 145 Å². The number of benzene rings is 7. The molecule has 0 aliphatic heterocycles. The summed E-state index contributed by atoms with van der Waals surface area (Å²) in [7, 11) is 2.18. The number of hydrogen-bond acceptors (Lipinski definition) is 0. The maximum Gasteiger partial charge on any atom is 0.0568 e. The molecule has 0 amide bonds. The summed E-state index contributed by atoms with van der Waals surface area (Å²) in [5.41, 5.74) is 7.52. The molecule has 0 radical (unpaired) electrons. The molecule has 178 valence electrons. The van der Waals surface area contributed by atoms with Crippen LogP contribution >= 0.6 is 0 Å². The molecule has 38 heavy (non-hydrogen) atoms. The predicted octanol–water partition coefficient (Wildman–Crippen LogP) is 10.1. The zero-order valence-electron chi connectivity index (χ0n) is 21.1. The van der Waals surface area contributed by atoms with Crippen LogP contribution in [0.25, 0.3) is 76.4 Å². The number of fused-ring (bicyclic) bond motifs is 9. The van der Waals surface area contributed by atoms with Gasteiger partial charge in [-0.25, -0.2) is 0 Å². The van der Waals surface area contributed by atoms with Gasteiger partial charge in [-0.05, 0) is 67.2 Å². The van der Waals surface area contributed by atoms with Crippen LogP contribution in [0, 0.1) is 0 Å². The molecule has 0 fully saturated rings. The molecule has 0 aliphatic rings. The number of para-hydroxylation sites is 2. The molecule has 8 rings (SSSR count). The third-order valence-corrected chi connectivity index (χ3v) is 8.18. The van der Waals surface area contributed by atoms with Crippen LogP contribution in [0.4, 0.5) is 0 Å². The second-order valence-corrected chi connectivity index (χ2v) is 10.2. The second kappa shape index (κ2) is 8.06. The number of aromatic nitrogens is 1. The topological polar surface area (TPSA) is 4.93 Å². The van der Waals surface area contributed by atoms with Crippen LogP contribution in [-0.4, -0.2) is 4.57 Å². The van der Waals surface area contributed by atoms with Crippen LogP contribution in [0.3, 0.4) is 0 Å². The predicted molar refractivity (Wildman–Crippen MR) is 164 cm³/mol. The van der Waals surface area contributed by atoms with Gasteiger partial charge in [0.1, 0.15) is 0 Å². The monoisotopic (exact) mass is 483 g/mol. The molecule has 8 aromatic rings. The average molecular weight is 484 g/mol. The van der Waals surface area contributed by atoms with Crippen molar-refractivity contribution in [3.8, 4) is 22.3 Å². The highest BCUT2D eigenvalue weighted by molar-refractivity contribution is 6.25. The van der Waals surface area contributed by atoms with Gasteiger partial charge in [0, 0.05) is 28.9 Å². The smallest absolute Gasteiger partial charge is 0.0568 e. The Hall–Kier alpha value is -4.88. The number of hydrogen-bond donors (Lipinski definition) is 0. The zero-order chi connectivity index (χ0) is 25.2. The van der Waals surface area contributed by atoms with E-state index in [1.807, 2.05) is 0 Å². The second-order valence-electron chi connectivity index (χ2n) is 10.2. The van der Waals surface area contributed by atoms with E-state index in [9.17, 15) is 0 Å². The lowest BCUT2D eigenvalue weighted by molar-refractivity contribution is 1.02. The van der Waals surface area contributed by atoms with E-state index in [0.717, 1.165) is 0 Å². The fraction of sp³-hybridized carbons (Fsp3) is 0.0270. The minimum Gasteiger partial charge on any atom is -0.343 e. The van der Waals surface area contributed by atoms with Gasteiger partial charge in [0.2, 0.25) is 0 Å². The van der Waals surface area contributed by atoms with Gasteiger partial charge >= 0.3 is 0 Å². The summed E-state index contributed by atoms with van der Waals surface area (Å²) in [5.74, 6) is 0. The summed E-state index contributed by atoms with van der Waals surface area (Å²) in [6, 6.07) is 48.9. The molecular formula is C37H25N. The summed E-state index contributed by atoms with van der Waals surface area (Å²) in [5, 5.41) is 10.4. The lowest BCUT2D eigenvalue weighted by atomic mass is 9.91. The third kappa shape index (κ3) is 2.99. The Morgan fingerprint density at radius 1 is 0.368 bits per heavy atom. The quantitative estimate of drug-likeness (QED) is 0.216. The Morgan fingerprint density at radius 2 is 0.895 bits per heavy atom. The van der Waals surface area contributed by atoms with Crippen molar-refractivity contribution < 1.29 is 0 Å². The van der Waals surface area contributed by atoms with Crippen molar-refractivity contribution in [2.24, 2.45) is 7.05 Å². The molecule has 0 atom stereocenters. The molecule has 0 bridgehead atoms. The first-order valence-corrected chi connectivity index (χ1v) is 13.2. The first-order valence-electron chi connectivity index (χ1n) is 13.2. The third-order valence-electron chi connectivity index (χ3n) is 8.18. The van der Waals surface area contributed by atoms with E-state index >= 15 is 0 Å². The lowest BCUT2D eigenvalue weighted by Gasteiger charge is -2.13. The first-order chi connectivity index (χ1) is 18.8.